The molecule has 0 aliphatic carbocycles. The molecule has 0 aromatic rings. The number of carbonyl (C=O) groups excluding carboxylic acids is 1. The molecule has 4 heterocycles. The molecule has 0 spiro atoms. The fourth-order valence-corrected chi connectivity index (χ4v) is 7.06. The van der Waals surface area contributed by atoms with Gasteiger partial charge in [-0.2, -0.15) is 11.8 Å². The third-order valence-electron chi connectivity index (χ3n) is 7.87. The maximum absolute atomic E-state index is 11.5. The van der Waals surface area contributed by atoms with Crippen LogP contribution in [0.3, 0.4) is 0 Å². The van der Waals surface area contributed by atoms with Crippen molar-refractivity contribution < 1.29 is 59.1 Å². The minimum atomic E-state index is -1.55. The van der Waals surface area contributed by atoms with Crippen molar-refractivity contribution in [2.75, 3.05) is 51.9 Å². The Morgan fingerprint density at radius 2 is 1.69 bits per heavy atom. The van der Waals surface area contributed by atoms with Gasteiger partial charge in [-0.15, -0.1) is 0 Å². The van der Waals surface area contributed by atoms with Crippen LogP contribution in [0.4, 0.5) is 4.79 Å². The van der Waals surface area contributed by atoms with Crippen LogP contribution < -0.4 is 16.0 Å². The molecule has 16 heteroatoms. The Morgan fingerprint density at radius 1 is 0.905 bits per heavy atom. The van der Waals surface area contributed by atoms with E-state index < -0.39 is 68.5 Å². The summed E-state index contributed by atoms with van der Waals surface area (Å²) in [4.78, 5) is 11.5. The van der Waals surface area contributed by atoms with E-state index in [1.807, 2.05) is 11.8 Å². The Balaban J connectivity index is 1.07. The second kappa shape index (κ2) is 17.0. The molecule has 4 fully saturated rings. The van der Waals surface area contributed by atoms with Crippen LogP contribution in [-0.2, 0) is 23.7 Å². The molecular weight excluding hydrogens is 578 g/mol. The van der Waals surface area contributed by atoms with Gasteiger partial charge >= 0.3 is 6.03 Å². The Kier molecular flexibility index (Phi) is 13.8. The number of rotatable bonds is 17. The Bertz CT molecular complexity index is 820. The lowest BCUT2D eigenvalue weighted by Gasteiger charge is -2.44. The van der Waals surface area contributed by atoms with Crippen LogP contribution in [0.25, 0.3) is 0 Å². The highest BCUT2D eigenvalue weighted by Gasteiger charge is 2.49. The van der Waals surface area contributed by atoms with Gasteiger partial charge in [0, 0.05) is 24.0 Å². The van der Waals surface area contributed by atoms with Crippen molar-refractivity contribution in [2.45, 2.75) is 98.3 Å². The highest BCUT2D eigenvalue weighted by molar-refractivity contribution is 8.00. The van der Waals surface area contributed by atoms with Crippen LogP contribution in [0.2, 0.25) is 0 Å². The van der Waals surface area contributed by atoms with Crippen molar-refractivity contribution in [1.29, 1.82) is 0 Å². The quantitative estimate of drug-likeness (QED) is 0.0575. The molecule has 4 aliphatic heterocycles. The number of hydrogen-bond acceptors (Lipinski definition) is 14. The zero-order chi connectivity index (χ0) is 30.1. The number of amides is 2. The van der Waals surface area contributed by atoms with Crippen LogP contribution >= 0.6 is 11.8 Å². The summed E-state index contributed by atoms with van der Waals surface area (Å²) in [7, 11) is 0. The topological polar surface area (TPSA) is 221 Å². The van der Waals surface area contributed by atoms with E-state index in [0.717, 1.165) is 44.4 Å². The first-order valence-corrected chi connectivity index (χ1v) is 15.7. The van der Waals surface area contributed by atoms with Crippen LogP contribution in [-0.4, -0.2) is 161 Å². The Labute approximate surface area is 249 Å². The van der Waals surface area contributed by atoms with Gasteiger partial charge in [-0.05, 0) is 19.4 Å². The number of carbonyl (C=O) groups is 1. The number of nitrogens with one attached hydrogen (secondary N) is 3. The first-order valence-electron chi connectivity index (χ1n) is 14.7. The van der Waals surface area contributed by atoms with Crippen molar-refractivity contribution in [3.8, 4) is 0 Å². The molecule has 42 heavy (non-hydrogen) atoms. The molecule has 15 nitrogen and oxygen atoms in total. The first-order chi connectivity index (χ1) is 20.3. The van der Waals surface area contributed by atoms with Gasteiger partial charge in [0.1, 0.15) is 36.6 Å². The highest BCUT2D eigenvalue weighted by Crippen LogP contribution is 2.33. The predicted molar refractivity (Wildman–Crippen MR) is 148 cm³/mol. The van der Waals surface area contributed by atoms with Crippen molar-refractivity contribution in [2.24, 2.45) is 0 Å². The SMILES string of the molecule is O=C1N[C@H]2[C@H](CS[C@H]2CCCCCNCCOCCO[C@@H]2O[C@@H](CO)[C@@H](O)[C@@H](O)[C@@H]2O[C@H]2O[C@H](CO)[C@H](O)[CH][C@@H]2O)N1. The molecular formula is C26H46N3O12S. The summed E-state index contributed by atoms with van der Waals surface area (Å²) in [6.07, 6.45) is -6.21. The number of urea groups is 1. The number of unbranched alkanes of at least 4 members (excludes halogenated alkanes) is 2. The third-order valence-corrected chi connectivity index (χ3v) is 9.38. The molecule has 12 atom stereocenters. The van der Waals surface area contributed by atoms with E-state index in [2.05, 4.69) is 16.0 Å². The summed E-state index contributed by atoms with van der Waals surface area (Å²) < 4.78 is 28.0. The first kappa shape index (κ1) is 34.0. The van der Waals surface area contributed by atoms with Crippen LogP contribution in [0.5, 0.6) is 0 Å². The van der Waals surface area contributed by atoms with Crippen molar-refractivity contribution >= 4 is 17.8 Å². The van der Waals surface area contributed by atoms with Crippen molar-refractivity contribution in [3.05, 3.63) is 6.42 Å². The summed E-state index contributed by atoms with van der Waals surface area (Å²) in [6.45, 7) is 1.15. The molecule has 2 amide bonds. The molecule has 4 aliphatic rings. The summed E-state index contributed by atoms with van der Waals surface area (Å²) in [5.74, 6) is 0.979. The minimum Gasteiger partial charge on any atom is -0.394 e. The maximum atomic E-state index is 11.5. The van der Waals surface area contributed by atoms with Crippen molar-refractivity contribution in [3.63, 3.8) is 0 Å². The number of hydrogen-bond donors (Lipinski definition) is 9. The lowest BCUT2D eigenvalue weighted by molar-refractivity contribution is -0.353. The summed E-state index contributed by atoms with van der Waals surface area (Å²) >= 11 is 1.93. The van der Waals surface area contributed by atoms with Crippen molar-refractivity contribution in [1.82, 2.24) is 16.0 Å². The van der Waals surface area contributed by atoms with E-state index in [1.54, 1.807) is 0 Å². The fraction of sp³-hybridized carbons (Fsp3) is 0.923. The Hall–Kier alpha value is -0.860. The van der Waals surface area contributed by atoms with Gasteiger partial charge in [0.15, 0.2) is 12.6 Å². The van der Waals surface area contributed by atoms with Gasteiger partial charge in [-0.25, -0.2) is 4.79 Å². The molecule has 0 bridgehead atoms. The molecule has 0 aromatic carbocycles. The summed E-state index contributed by atoms with van der Waals surface area (Å²) in [5, 5.41) is 69.7. The van der Waals surface area contributed by atoms with Gasteiger partial charge in [0.25, 0.3) is 0 Å². The number of ether oxygens (including phenoxy) is 5. The number of aliphatic hydroxyl groups is 6. The monoisotopic (exact) mass is 624 g/mol. The molecule has 9 N–H and O–H groups in total. The highest BCUT2D eigenvalue weighted by atomic mass is 32.2. The third kappa shape index (κ3) is 9.09. The fourth-order valence-electron chi connectivity index (χ4n) is 5.51. The van der Waals surface area contributed by atoms with Gasteiger partial charge in [0.2, 0.25) is 0 Å². The number of aliphatic hydroxyl groups excluding tert-OH is 6. The molecule has 1 radical (unpaired) electrons. The average molecular weight is 625 g/mol. The minimum absolute atomic E-state index is 0.0491. The largest absolute Gasteiger partial charge is 0.394 e. The molecule has 4 rings (SSSR count). The smallest absolute Gasteiger partial charge is 0.315 e. The second-order valence-electron chi connectivity index (χ2n) is 10.9. The van der Waals surface area contributed by atoms with Gasteiger partial charge in [0.05, 0.1) is 51.2 Å². The van der Waals surface area contributed by atoms with E-state index >= 15 is 0 Å². The molecule has 0 aromatic heterocycles. The molecule has 0 unspecified atom stereocenters. The van der Waals surface area contributed by atoms with Crippen LogP contribution in [0.1, 0.15) is 25.7 Å². The number of fused-ring (bicyclic) bond motifs is 1. The Morgan fingerprint density at radius 3 is 2.48 bits per heavy atom. The summed E-state index contributed by atoms with van der Waals surface area (Å²) in [6, 6.07) is 0.471. The van der Waals surface area contributed by atoms with Gasteiger partial charge in [-0.1, -0.05) is 12.8 Å². The second-order valence-corrected chi connectivity index (χ2v) is 12.2. The van der Waals surface area contributed by atoms with Crippen LogP contribution in [0.15, 0.2) is 0 Å². The number of thioether (sulfide) groups is 1. The zero-order valence-electron chi connectivity index (χ0n) is 23.5. The lowest BCUT2D eigenvalue weighted by Crippen LogP contribution is -2.62. The normalized spacial score (nSPS) is 40.1. The predicted octanol–water partition coefficient (Wildman–Crippen LogP) is -3.20. The van der Waals surface area contributed by atoms with Gasteiger partial charge in [-0.3, -0.25) is 0 Å². The molecule has 243 valence electrons. The lowest BCUT2D eigenvalue weighted by atomic mass is 9.98. The zero-order valence-corrected chi connectivity index (χ0v) is 24.3. The van der Waals surface area contributed by atoms with E-state index in [-0.39, 0.29) is 31.3 Å². The van der Waals surface area contributed by atoms with E-state index in [9.17, 15) is 35.4 Å². The van der Waals surface area contributed by atoms with E-state index in [1.165, 1.54) is 0 Å². The maximum Gasteiger partial charge on any atom is 0.315 e. The van der Waals surface area contributed by atoms with Crippen LogP contribution in [0, 0.1) is 6.42 Å². The van der Waals surface area contributed by atoms with E-state index in [4.69, 9.17) is 23.7 Å². The average Bonchev–Trinajstić information content (AvgIpc) is 3.53. The molecule has 0 saturated carbocycles. The summed E-state index contributed by atoms with van der Waals surface area (Å²) in [5.41, 5.74) is 0. The van der Waals surface area contributed by atoms with E-state index in [0.29, 0.717) is 18.4 Å². The standard InChI is InChI=1S/C26H46N3O12S/c30-11-17-15(32)10-16(33)24(39-17)41-23-22(35)21(34)18(12-31)40-25(23)38-9-8-37-7-6-27-5-3-1-2-4-19-20-14(13-42-19)28-26(36)29-20/h10,14-25,27,30-35H,1-9,11-13H2,(H2,28,29,36)/t14-,15+,16-,17+,18-,19-,20-,21+,22+,23-,24+,25+/m0/s1. The van der Waals surface area contributed by atoms with Gasteiger partial charge < -0.3 is 70.3 Å². The molecule has 4 saturated heterocycles.